The fourth-order valence-electron chi connectivity index (χ4n) is 3.39. The normalized spacial score (nSPS) is 16.9. The minimum Gasteiger partial charge on any atom is -0.507 e. The summed E-state index contributed by atoms with van der Waals surface area (Å²) in [4.78, 5) is 19.9. The predicted octanol–water partition coefficient (Wildman–Crippen LogP) is 3.03. The molecule has 4 rings (SSSR count). The fraction of sp³-hybridized carbons (Fsp3) is 0.300. The lowest BCUT2D eigenvalue weighted by Crippen LogP contribution is -2.42. The van der Waals surface area contributed by atoms with Gasteiger partial charge in [-0.2, -0.15) is 0 Å². The molecule has 27 heavy (non-hydrogen) atoms. The minimum atomic E-state index is 0.181. The Morgan fingerprint density at radius 2 is 2.07 bits per heavy atom. The number of benzene rings is 1. The van der Waals surface area contributed by atoms with Gasteiger partial charge >= 0.3 is 0 Å². The number of para-hydroxylation sites is 1. The number of nitrogens with one attached hydrogen (secondary N) is 1. The van der Waals surface area contributed by atoms with Crippen molar-refractivity contribution < 1.29 is 5.11 Å². The zero-order valence-electron chi connectivity index (χ0n) is 15.2. The molecular weight excluding hydrogens is 340 g/mol. The van der Waals surface area contributed by atoms with Crippen molar-refractivity contribution >= 4 is 11.6 Å². The first-order chi connectivity index (χ1) is 13.2. The van der Waals surface area contributed by atoms with E-state index >= 15 is 0 Å². The molecule has 0 radical (unpaired) electrons. The van der Waals surface area contributed by atoms with E-state index in [1.807, 2.05) is 25.1 Å². The molecular formula is C20H22N6O. The lowest BCUT2D eigenvalue weighted by Gasteiger charge is -2.34. The predicted molar refractivity (Wildman–Crippen MR) is 105 cm³/mol. The Hall–Kier alpha value is -3.22. The van der Waals surface area contributed by atoms with Gasteiger partial charge in [0.05, 0.1) is 11.8 Å². The first kappa shape index (κ1) is 17.2. The molecule has 0 bridgehead atoms. The van der Waals surface area contributed by atoms with E-state index in [2.05, 4.69) is 30.2 Å². The maximum absolute atomic E-state index is 10.1. The molecule has 2 aromatic heterocycles. The molecule has 1 aliphatic heterocycles. The maximum Gasteiger partial charge on any atom is 0.165 e. The number of aromatic nitrogens is 4. The summed E-state index contributed by atoms with van der Waals surface area (Å²) in [5.41, 5.74) is 1.49. The van der Waals surface area contributed by atoms with Crippen LogP contribution in [0.1, 0.15) is 18.5 Å². The average Bonchev–Trinajstić information content (AvgIpc) is 2.69. The van der Waals surface area contributed by atoms with Crippen LogP contribution in [0.15, 0.2) is 48.9 Å². The quantitative estimate of drug-likeness (QED) is 0.737. The molecule has 1 saturated heterocycles. The van der Waals surface area contributed by atoms with E-state index in [1.54, 1.807) is 30.7 Å². The van der Waals surface area contributed by atoms with E-state index in [4.69, 9.17) is 0 Å². The molecule has 0 spiro atoms. The number of anilines is 2. The van der Waals surface area contributed by atoms with Gasteiger partial charge in [-0.1, -0.05) is 12.1 Å². The van der Waals surface area contributed by atoms with Gasteiger partial charge in [0, 0.05) is 43.3 Å². The smallest absolute Gasteiger partial charge is 0.165 e. The van der Waals surface area contributed by atoms with Crippen LogP contribution in [-0.4, -0.2) is 44.2 Å². The SMILES string of the molecule is Cc1cc(N[C@@H]2CCCN(c3cnccn3)C2)nc(-c2ccccc2O)n1. The van der Waals surface area contributed by atoms with Crippen molar-refractivity contribution in [2.75, 3.05) is 23.3 Å². The molecule has 0 unspecified atom stereocenters. The maximum atomic E-state index is 10.1. The van der Waals surface area contributed by atoms with Crippen molar-refractivity contribution in [2.24, 2.45) is 0 Å². The van der Waals surface area contributed by atoms with Crippen LogP contribution in [-0.2, 0) is 0 Å². The van der Waals surface area contributed by atoms with Crippen molar-refractivity contribution in [3.05, 3.63) is 54.6 Å². The van der Waals surface area contributed by atoms with E-state index in [1.165, 1.54) is 0 Å². The number of hydrogen-bond donors (Lipinski definition) is 2. The van der Waals surface area contributed by atoms with Crippen LogP contribution in [0.25, 0.3) is 11.4 Å². The largest absolute Gasteiger partial charge is 0.507 e. The second kappa shape index (κ2) is 7.57. The second-order valence-electron chi connectivity index (χ2n) is 6.73. The van der Waals surface area contributed by atoms with E-state index in [0.717, 1.165) is 43.3 Å². The zero-order chi connectivity index (χ0) is 18.6. The van der Waals surface area contributed by atoms with Crippen molar-refractivity contribution in [1.82, 2.24) is 19.9 Å². The van der Waals surface area contributed by atoms with E-state index in [-0.39, 0.29) is 11.8 Å². The number of phenolic OH excluding ortho intramolecular Hbond substituents is 1. The monoisotopic (exact) mass is 362 g/mol. The number of nitrogens with zero attached hydrogens (tertiary/aromatic N) is 5. The Morgan fingerprint density at radius 1 is 1.19 bits per heavy atom. The molecule has 1 fully saturated rings. The van der Waals surface area contributed by atoms with Crippen LogP contribution in [0.2, 0.25) is 0 Å². The fourth-order valence-corrected chi connectivity index (χ4v) is 3.39. The highest BCUT2D eigenvalue weighted by Crippen LogP contribution is 2.27. The Bertz CT molecular complexity index is 917. The third-order valence-electron chi connectivity index (χ3n) is 4.65. The lowest BCUT2D eigenvalue weighted by molar-refractivity contribution is 0.477. The molecule has 7 heteroatoms. The van der Waals surface area contributed by atoms with Gasteiger partial charge < -0.3 is 15.3 Å². The van der Waals surface area contributed by atoms with E-state index in [0.29, 0.717) is 11.4 Å². The summed E-state index contributed by atoms with van der Waals surface area (Å²) in [6.45, 7) is 3.75. The molecule has 0 aliphatic carbocycles. The molecule has 3 aromatic rings. The highest BCUT2D eigenvalue weighted by atomic mass is 16.3. The highest BCUT2D eigenvalue weighted by Gasteiger charge is 2.21. The Kier molecular flexibility index (Phi) is 4.82. The van der Waals surface area contributed by atoms with Gasteiger partial charge in [-0.15, -0.1) is 0 Å². The number of rotatable bonds is 4. The molecule has 138 valence electrons. The van der Waals surface area contributed by atoms with Crippen LogP contribution in [0.3, 0.4) is 0 Å². The van der Waals surface area contributed by atoms with Crippen LogP contribution in [0, 0.1) is 6.92 Å². The van der Waals surface area contributed by atoms with Crippen LogP contribution in [0.5, 0.6) is 5.75 Å². The first-order valence-corrected chi connectivity index (χ1v) is 9.10. The van der Waals surface area contributed by atoms with Crippen molar-refractivity contribution in [3.63, 3.8) is 0 Å². The molecule has 1 aromatic carbocycles. The summed E-state index contributed by atoms with van der Waals surface area (Å²) in [6.07, 6.45) is 7.34. The summed E-state index contributed by atoms with van der Waals surface area (Å²) < 4.78 is 0. The standard InChI is InChI=1S/C20H22N6O/c1-14-11-18(25-20(23-14)16-6-2-3-7-17(16)27)24-15-5-4-10-26(13-15)19-12-21-8-9-22-19/h2-3,6-9,11-12,15,27H,4-5,10,13H2,1H3,(H,23,24,25)/t15-/m1/s1. The number of hydrogen-bond acceptors (Lipinski definition) is 7. The Morgan fingerprint density at radius 3 is 2.89 bits per heavy atom. The van der Waals surface area contributed by atoms with Gasteiger partial charge in [0.2, 0.25) is 0 Å². The van der Waals surface area contributed by atoms with Gasteiger partial charge in [-0.3, -0.25) is 4.98 Å². The number of piperidine rings is 1. The number of phenols is 1. The van der Waals surface area contributed by atoms with Crippen molar-refractivity contribution in [2.45, 2.75) is 25.8 Å². The number of aromatic hydroxyl groups is 1. The Balaban J connectivity index is 1.53. The van der Waals surface area contributed by atoms with Gasteiger partial charge in [0.1, 0.15) is 17.4 Å². The van der Waals surface area contributed by atoms with Gasteiger partial charge in [0.15, 0.2) is 5.82 Å². The Labute approximate surface area is 158 Å². The molecule has 1 atom stereocenters. The van der Waals surface area contributed by atoms with Crippen molar-refractivity contribution in [3.8, 4) is 17.1 Å². The summed E-state index contributed by atoms with van der Waals surface area (Å²) >= 11 is 0. The molecule has 1 aliphatic rings. The summed E-state index contributed by atoms with van der Waals surface area (Å²) in [5.74, 6) is 2.38. The van der Waals surface area contributed by atoms with Crippen LogP contribution in [0.4, 0.5) is 11.6 Å². The molecule has 0 saturated carbocycles. The third kappa shape index (κ3) is 3.97. The summed E-state index contributed by atoms with van der Waals surface area (Å²) in [7, 11) is 0. The second-order valence-corrected chi connectivity index (χ2v) is 6.73. The van der Waals surface area contributed by atoms with Gasteiger partial charge in [0.25, 0.3) is 0 Å². The first-order valence-electron chi connectivity index (χ1n) is 9.10. The minimum absolute atomic E-state index is 0.181. The summed E-state index contributed by atoms with van der Waals surface area (Å²) in [6, 6.07) is 9.32. The average molecular weight is 362 g/mol. The van der Waals surface area contributed by atoms with E-state index in [9.17, 15) is 5.11 Å². The van der Waals surface area contributed by atoms with Gasteiger partial charge in [-0.05, 0) is 31.9 Å². The third-order valence-corrected chi connectivity index (χ3v) is 4.65. The van der Waals surface area contributed by atoms with E-state index < -0.39 is 0 Å². The molecule has 3 heterocycles. The zero-order valence-corrected chi connectivity index (χ0v) is 15.2. The van der Waals surface area contributed by atoms with Crippen LogP contribution < -0.4 is 10.2 Å². The lowest BCUT2D eigenvalue weighted by atomic mass is 10.1. The molecule has 7 nitrogen and oxygen atoms in total. The molecule has 0 amide bonds. The van der Waals surface area contributed by atoms with Gasteiger partial charge in [-0.25, -0.2) is 15.0 Å². The van der Waals surface area contributed by atoms with Crippen LogP contribution >= 0.6 is 0 Å². The summed E-state index contributed by atoms with van der Waals surface area (Å²) in [5, 5.41) is 13.6. The topological polar surface area (TPSA) is 87.1 Å². The highest BCUT2D eigenvalue weighted by molar-refractivity contribution is 5.65. The molecule has 2 N–H and O–H groups in total. The van der Waals surface area contributed by atoms with Crippen molar-refractivity contribution in [1.29, 1.82) is 0 Å². The number of aryl methyl sites for hydroxylation is 1.